The van der Waals surface area contributed by atoms with Crippen LogP contribution in [-0.2, 0) is 4.74 Å². The van der Waals surface area contributed by atoms with Crippen LogP contribution in [0.4, 0.5) is 4.39 Å². The van der Waals surface area contributed by atoms with Gasteiger partial charge in [-0.3, -0.25) is 0 Å². The summed E-state index contributed by atoms with van der Waals surface area (Å²) in [5.74, 6) is -0.324. The average Bonchev–Trinajstić information content (AvgIpc) is 2.21. The summed E-state index contributed by atoms with van der Waals surface area (Å²) in [5.41, 5.74) is 0.856. The van der Waals surface area contributed by atoms with Crippen molar-refractivity contribution < 1.29 is 9.13 Å². The van der Waals surface area contributed by atoms with Crippen molar-refractivity contribution in [3.05, 3.63) is 34.6 Å². The Balaban J connectivity index is 2.81. The summed E-state index contributed by atoms with van der Waals surface area (Å²) >= 11 is 5.95. The minimum absolute atomic E-state index is 0.00181. The quantitative estimate of drug-likeness (QED) is 0.842. The maximum atomic E-state index is 12.8. The molecule has 4 heteroatoms. The van der Waals surface area contributed by atoms with Crippen LogP contribution in [0.1, 0.15) is 18.5 Å². The molecule has 15 heavy (non-hydrogen) atoms. The number of rotatable bonds is 5. The van der Waals surface area contributed by atoms with Gasteiger partial charge in [0.1, 0.15) is 5.82 Å². The molecule has 0 aliphatic rings. The molecule has 84 valence electrons. The second-order valence-corrected chi connectivity index (χ2v) is 3.57. The zero-order valence-electron chi connectivity index (χ0n) is 8.89. The fourth-order valence-corrected chi connectivity index (χ4v) is 1.65. The van der Waals surface area contributed by atoms with Gasteiger partial charge in [0.25, 0.3) is 0 Å². The van der Waals surface area contributed by atoms with Gasteiger partial charge in [-0.1, -0.05) is 17.7 Å². The normalized spacial score (nSPS) is 12.8. The van der Waals surface area contributed by atoms with Crippen LogP contribution in [-0.4, -0.2) is 20.3 Å². The summed E-state index contributed by atoms with van der Waals surface area (Å²) in [6.45, 7) is 3.11. The van der Waals surface area contributed by atoms with E-state index < -0.39 is 0 Å². The highest BCUT2D eigenvalue weighted by molar-refractivity contribution is 6.31. The van der Waals surface area contributed by atoms with Crippen LogP contribution in [0.5, 0.6) is 0 Å². The largest absolute Gasteiger partial charge is 0.380 e. The lowest BCUT2D eigenvalue weighted by atomic mass is 10.1. The van der Waals surface area contributed by atoms with E-state index in [1.807, 2.05) is 14.0 Å². The third-order valence-corrected chi connectivity index (χ3v) is 2.50. The molecule has 1 rings (SSSR count). The fraction of sp³-hybridized carbons (Fsp3) is 0.455. The molecule has 0 fully saturated rings. The molecule has 1 atom stereocenters. The number of halogens is 2. The predicted octanol–water partition coefficient (Wildman–Crippen LogP) is 2.78. The van der Waals surface area contributed by atoms with Gasteiger partial charge in [-0.25, -0.2) is 4.39 Å². The molecule has 0 aromatic heterocycles. The Morgan fingerprint density at radius 1 is 1.53 bits per heavy atom. The van der Waals surface area contributed by atoms with Crippen molar-refractivity contribution in [2.24, 2.45) is 0 Å². The van der Waals surface area contributed by atoms with E-state index in [-0.39, 0.29) is 11.9 Å². The Kier molecular flexibility index (Phi) is 5.02. The summed E-state index contributed by atoms with van der Waals surface area (Å²) in [7, 11) is 1.82. The first-order chi connectivity index (χ1) is 7.19. The molecular formula is C11H15ClFNO. The summed E-state index contributed by atoms with van der Waals surface area (Å²) in [6, 6.07) is 4.39. The van der Waals surface area contributed by atoms with Gasteiger partial charge in [0, 0.05) is 11.6 Å². The molecule has 2 nitrogen and oxygen atoms in total. The van der Waals surface area contributed by atoms with E-state index in [0.29, 0.717) is 18.2 Å². The van der Waals surface area contributed by atoms with Gasteiger partial charge >= 0.3 is 0 Å². The highest BCUT2D eigenvalue weighted by atomic mass is 35.5. The molecule has 1 aromatic carbocycles. The monoisotopic (exact) mass is 231 g/mol. The van der Waals surface area contributed by atoms with E-state index in [4.69, 9.17) is 16.3 Å². The molecule has 0 bridgehead atoms. The van der Waals surface area contributed by atoms with Gasteiger partial charge in [0.15, 0.2) is 0 Å². The second kappa shape index (κ2) is 6.05. The highest BCUT2D eigenvalue weighted by Gasteiger charge is 2.13. The van der Waals surface area contributed by atoms with Crippen molar-refractivity contribution in [2.45, 2.75) is 13.0 Å². The molecule has 1 aromatic rings. The van der Waals surface area contributed by atoms with Crippen molar-refractivity contribution in [2.75, 3.05) is 20.3 Å². The summed E-state index contributed by atoms with van der Waals surface area (Å²) in [6.07, 6.45) is 0. The first-order valence-corrected chi connectivity index (χ1v) is 5.26. The lowest BCUT2D eigenvalue weighted by Crippen LogP contribution is -2.22. The van der Waals surface area contributed by atoms with Gasteiger partial charge in [-0.05, 0) is 31.7 Å². The standard InChI is InChI=1S/C11H15ClFNO/c1-3-15-7-11(14-2)9-5-4-8(13)6-10(9)12/h4-6,11,14H,3,7H2,1-2H3. The smallest absolute Gasteiger partial charge is 0.124 e. The van der Waals surface area contributed by atoms with E-state index in [1.165, 1.54) is 12.1 Å². The van der Waals surface area contributed by atoms with E-state index in [2.05, 4.69) is 5.32 Å². The van der Waals surface area contributed by atoms with E-state index in [0.717, 1.165) is 5.56 Å². The van der Waals surface area contributed by atoms with Crippen molar-refractivity contribution in [1.29, 1.82) is 0 Å². The van der Waals surface area contributed by atoms with E-state index in [9.17, 15) is 4.39 Å². The minimum atomic E-state index is -0.324. The first-order valence-electron chi connectivity index (χ1n) is 4.89. The topological polar surface area (TPSA) is 21.3 Å². The van der Waals surface area contributed by atoms with Crippen molar-refractivity contribution >= 4 is 11.6 Å². The lowest BCUT2D eigenvalue weighted by Gasteiger charge is -2.17. The second-order valence-electron chi connectivity index (χ2n) is 3.17. The Labute approximate surface area is 94.4 Å². The molecular weight excluding hydrogens is 217 g/mol. The van der Waals surface area contributed by atoms with Crippen molar-refractivity contribution in [3.63, 3.8) is 0 Å². The molecule has 0 saturated heterocycles. The number of likely N-dealkylation sites (N-methyl/N-ethyl adjacent to an activating group) is 1. The van der Waals surface area contributed by atoms with Crippen LogP contribution in [0.15, 0.2) is 18.2 Å². The minimum Gasteiger partial charge on any atom is -0.380 e. The Hall–Kier alpha value is -0.640. The fourth-order valence-electron chi connectivity index (χ4n) is 1.35. The lowest BCUT2D eigenvalue weighted by molar-refractivity contribution is 0.125. The van der Waals surface area contributed by atoms with Crippen LogP contribution >= 0.6 is 11.6 Å². The van der Waals surface area contributed by atoms with Gasteiger partial charge in [-0.15, -0.1) is 0 Å². The zero-order chi connectivity index (χ0) is 11.3. The van der Waals surface area contributed by atoms with Crippen LogP contribution in [0.3, 0.4) is 0 Å². The van der Waals surface area contributed by atoms with Crippen LogP contribution in [0.25, 0.3) is 0 Å². The van der Waals surface area contributed by atoms with Crippen LogP contribution in [0.2, 0.25) is 5.02 Å². The van der Waals surface area contributed by atoms with Gasteiger partial charge in [0.05, 0.1) is 12.6 Å². The maximum Gasteiger partial charge on any atom is 0.124 e. The number of ether oxygens (including phenoxy) is 1. The number of hydrogen-bond acceptors (Lipinski definition) is 2. The van der Waals surface area contributed by atoms with E-state index in [1.54, 1.807) is 6.07 Å². The predicted molar refractivity (Wildman–Crippen MR) is 59.7 cm³/mol. The SMILES string of the molecule is CCOCC(NC)c1ccc(F)cc1Cl. The summed E-state index contributed by atoms with van der Waals surface area (Å²) < 4.78 is 18.1. The molecule has 0 heterocycles. The highest BCUT2D eigenvalue weighted by Crippen LogP contribution is 2.23. The summed E-state index contributed by atoms with van der Waals surface area (Å²) in [5, 5.41) is 3.51. The molecule has 1 unspecified atom stereocenters. The molecule has 0 saturated carbocycles. The molecule has 0 aliphatic carbocycles. The number of nitrogens with one attached hydrogen (secondary N) is 1. The van der Waals surface area contributed by atoms with E-state index >= 15 is 0 Å². The van der Waals surface area contributed by atoms with Crippen molar-refractivity contribution in [1.82, 2.24) is 5.32 Å². The Morgan fingerprint density at radius 3 is 2.80 bits per heavy atom. The molecule has 0 radical (unpaired) electrons. The molecule has 0 spiro atoms. The Bertz CT molecular complexity index is 319. The number of benzene rings is 1. The third kappa shape index (κ3) is 3.45. The molecule has 1 N–H and O–H groups in total. The van der Waals surface area contributed by atoms with Gasteiger partial charge < -0.3 is 10.1 Å². The van der Waals surface area contributed by atoms with Gasteiger partial charge in [0.2, 0.25) is 0 Å². The third-order valence-electron chi connectivity index (χ3n) is 2.18. The summed E-state index contributed by atoms with van der Waals surface area (Å²) in [4.78, 5) is 0. The molecule has 0 amide bonds. The molecule has 0 aliphatic heterocycles. The van der Waals surface area contributed by atoms with Gasteiger partial charge in [-0.2, -0.15) is 0 Å². The first kappa shape index (κ1) is 12.4. The van der Waals surface area contributed by atoms with Crippen LogP contribution in [0, 0.1) is 5.82 Å². The van der Waals surface area contributed by atoms with Crippen molar-refractivity contribution in [3.8, 4) is 0 Å². The maximum absolute atomic E-state index is 12.8. The Morgan fingerprint density at radius 2 is 2.27 bits per heavy atom. The zero-order valence-corrected chi connectivity index (χ0v) is 9.64. The number of hydrogen-bond donors (Lipinski definition) is 1. The van der Waals surface area contributed by atoms with Crippen LogP contribution < -0.4 is 5.32 Å². The average molecular weight is 232 g/mol.